The summed E-state index contributed by atoms with van der Waals surface area (Å²) in [7, 11) is 0. The van der Waals surface area contributed by atoms with Crippen molar-refractivity contribution in [2.75, 3.05) is 39.3 Å². The van der Waals surface area contributed by atoms with Crippen LogP contribution in [0.5, 0.6) is 0 Å². The molecule has 0 radical (unpaired) electrons. The molecule has 7 heteroatoms. The Bertz CT molecular complexity index is 1270. The molecule has 2 N–H and O–H groups in total. The number of hydrogen-bond donors (Lipinski definition) is 2. The zero-order valence-corrected chi connectivity index (χ0v) is 24.9. The smallest absolute Gasteiger partial charge is 0.244 e. The number of nitrogens with zero attached hydrogens (tertiary/aromatic N) is 2. The number of halogens is 1. The molecule has 2 heterocycles. The van der Waals surface area contributed by atoms with Gasteiger partial charge in [0.15, 0.2) is 0 Å². The van der Waals surface area contributed by atoms with E-state index in [9.17, 15) is 9.59 Å². The van der Waals surface area contributed by atoms with E-state index in [1.54, 1.807) is 24.3 Å². The molecule has 0 saturated carbocycles. The third-order valence-electron chi connectivity index (χ3n) is 8.35. The topological polar surface area (TPSA) is 64.7 Å². The fourth-order valence-electron chi connectivity index (χ4n) is 5.97. The minimum absolute atomic E-state index is 0.00214. The van der Waals surface area contributed by atoms with Gasteiger partial charge in [-0.1, -0.05) is 84.4 Å². The summed E-state index contributed by atoms with van der Waals surface area (Å²) in [6, 6.07) is 28.0. The van der Waals surface area contributed by atoms with Crippen LogP contribution in [0.25, 0.3) is 6.08 Å². The average Bonchev–Trinajstić information content (AvgIpc) is 3.50. The van der Waals surface area contributed by atoms with Crippen LogP contribution in [0.4, 0.5) is 0 Å². The molecule has 2 saturated heterocycles. The van der Waals surface area contributed by atoms with Gasteiger partial charge in [-0.05, 0) is 73.7 Å². The van der Waals surface area contributed by atoms with E-state index in [2.05, 4.69) is 69.0 Å². The number of nitrogens with one attached hydrogen (secondary N) is 2. The minimum Gasteiger partial charge on any atom is -0.351 e. The fraction of sp³-hybridized carbons (Fsp3) is 0.371. The first kappa shape index (κ1) is 30.0. The summed E-state index contributed by atoms with van der Waals surface area (Å²) in [6.45, 7) is 4.84. The van der Waals surface area contributed by atoms with Crippen molar-refractivity contribution in [3.63, 3.8) is 0 Å². The van der Waals surface area contributed by atoms with Crippen LogP contribution in [0, 0.1) is 0 Å². The Balaban J connectivity index is 1.27. The highest BCUT2D eigenvalue weighted by Gasteiger charge is 2.33. The van der Waals surface area contributed by atoms with Crippen molar-refractivity contribution in [2.45, 2.75) is 43.7 Å². The van der Waals surface area contributed by atoms with Crippen LogP contribution >= 0.6 is 11.6 Å². The summed E-state index contributed by atoms with van der Waals surface area (Å²) >= 11 is 5.96. The molecule has 6 nitrogen and oxygen atoms in total. The normalized spacial score (nSPS) is 19.9. The van der Waals surface area contributed by atoms with Crippen LogP contribution in [0.15, 0.2) is 91.0 Å². The molecule has 5 rings (SSSR count). The third-order valence-corrected chi connectivity index (χ3v) is 8.61. The third kappa shape index (κ3) is 8.54. The van der Waals surface area contributed by atoms with Crippen LogP contribution < -0.4 is 10.6 Å². The molecule has 0 aliphatic carbocycles. The number of carbonyl (C=O) groups excluding carboxylic acids is 2. The van der Waals surface area contributed by atoms with E-state index in [0.717, 1.165) is 38.0 Å². The number of amides is 2. The number of hydrogen-bond acceptors (Lipinski definition) is 4. The van der Waals surface area contributed by atoms with Gasteiger partial charge in [-0.15, -0.1) is 0 Å². The van der Waals surface area contributed by atoms with Gasteiger partial charge in [0.1, 0.15) is 0 Å². The maximum atomic E-state index is 14.1. The highest BCUT2D eigenvalue weighted by molar-refractivity contribution is 6.30. The largest absolute Gasteiger partial charge is 0.351 e. The lowest BCUT2D eigenvalue weighted by molar-refractivity contribution is -0.133. The van der Waals surface area contributed by atoms with E-state index < -0.39 is 0 Å². The Morgan fingerprint density at radius 2 is 1.57 bits per heavy atom. The molecule has 0 aromatic heterocycles. The molecular weight excluding hydrogens is 544 g/mol. The summed E-state index contributed by atoms with van der Waals surface area (Å²) < 4.78 is 0. The number of likely N-dealkylation sites (tertiary alicyclic amines) is 1. The fourth-order valence-corrected chi connectivity index (χ4v) is 6.10. The summed E-state index contributed by atoms with van der Waals surface area (Å²) in [6.07, 6.45) is 7.32. The maximum absolute atomic E-state index is 14.1. The lowest BCUT2D eigenvalue weighted by atomic mass is 9.90. The van der Waals surface area contributed by atoms with Crippen molar-refractivity contribution >= 4 is 29.5 Å². The molecule has 2 aliphatic rings. The first-order valence-corrected chi connectivity index (χ1v) is 15.5. The van der Waals surface area contributed by atoms with Gasteiger partial charge in [-0.3, -0.25) is 9.59 Å². The van der Waals surface area contributed by atoms with Crippen LogP contribution in [0.2, 0.25) is 5.02 Å². The minimum atomic E-state index is -0.285. The van der Waals surface area contributed by atoms with Gasteiger partial charge in [-0.25, -0.2) is 0 Å². The molecule has 0 bridgehead atoms. The van der Waals surface area contributed by atoms with Gasteiger partial charge in [-0.2, -0.15) is 0 Å². The lowest BCUT2D eigenvalue weighted by Crippen LogP contribution is -2.50. The van der Waals surface area contributed by atoms with Crippen molar-refractivity contribution in [3.8, 4) is 0 Å². The van der Waals surface area contributed by atoms with Crippen LogP contribution in [-0.2, 0) is 9.59 Å². The average molecular weight is 585 g/mol. The summed E-state index contributed by atoms with van der Waals surface area (Å²) in [4.78, 5) is 31.2. The monoisotopic (exact) mass is 584 g/mol. The molecule has 0 spiro atoms. The Morgan fingerprint density at radius 3 is 2.21 bits per heavy atom. The van der Waals surface area contributed by atoms with E-state index in [1.165, 1.54) is 24.0 Å². The van der Waals surface area contributed by atoms with Gasteiger partial charge < -0.3 is 20.4 Å². The summed E-state index contributed by atoms with van der Waals surface area (Å²) in [5, 5.41) is 7.35. The van der Waals surface area contributed by atoms with Crippen molar-refractivity contribution in [2.24, 2.45) is 0 Å². The van der Waals surface area contributed by atoms with E-state index >= 15 is 0 Å². The second-order valence-electron chi connectivity index (χ2n) is 11.3. The predicted octanol–water partition coefficient (Wildman–Crippen LogP) is 5.35. The van der Waals surface area contributed by atoms with E-state index in [0.29, 0.717) is 24.7 Å². The number of carbonyl (C=O) groups is 2. The SMILES string of the molecule is O=C(/C=C/c1ccc(Cl)cc1)NC[C@@H]1CCN(CC(c2ccccc2)c2ccccc2)C(=O)[C@H](CCN2CCCC2)N1. The Labute approximate surface area is 254 Å². The summed E-state index contributed by atoms with van der Waals surface area (Å²) in [5.41, 5.74) is 3.33. The van der Waals surface area contributed by atoms with Crippen molar-refractivity contribution in [3.05, 3.63) is 113 Å². The Morgan fingerprint density at radius 1 is 0.929 bits per heavy atom. The molecule has 2 atom stereocenters. The van der Waals surface area contributed by atoms with Crippen molar-refractivity contribution < 1.29 is 9.59 Å². The second kappa shape index (κ2) is 15.1. The van der Waals surface area contributed by atoms with Crippen molar-refractivity contribution in [1.82, 2.24) is 20.4 Å². The Kier molecular flexibility index (Phi) is 10.8. The molecule has 2 amide bonds. The first-order valence-electron chi connectivity index (χ1n) is 15.1. The van der Waals surface area contributed by atoms with Crippen LogP contribution in [-0.4, -0.2) is 73.0 Å². The highest BCUT2D eigenvalue weighted by Crippen LogP contribution is 2.27. The van der Waals surface area contributed by atoms with Gasteiger partial charge >= 0.3 is 0 Å². The maximum Gasteiger partial charge on any atom is 0.244 e. The molecule has 220 valence electrons. The Hall–Kier alpha value is -3.45. The van der Waals surface area contributed by atoms with E-state index in [4.69, 9.17) is 11.6 Å². The van der Waals surface area contributed by atoms with Gasteiger partial charge in [0, 0.05) is 49.2 Å². The second-order valence-corrected chi connectivity index (χ2v) is 11.8. The summed E-state index contributed by atoms with van der Waals surface area (Å²) in [5.74, 6) is 0.0911. The van der Waals surface area contributed by atoms with E-state index in [-0.39, 0.29) is 29.8 Å². The molecule has 3 aromatic rings. The van der Waals surface area contributed by atoms with Crippen LogP contribution in [0.1, 0.15) is 48.3 Å². The highest BCUT2D eigenvalue weighted by atomic mass is 35.5. The molecule has 2 aliphatic heterocycles. The quantitative estimate of drug-likeness (QED) is 0.298. The zero-order valence-electron chi connectivity index (χ0n) is 24.1. The predicted molar refractivity (Wildman–Crippen MR) is 170 cm³/mol. The molecule has 42 heavy (non-hydrogen) atoms. The van der Waals surface area contributed by atoms with Crippen molar-refractivity contribution in [1.29, 1.82) is 0 Å². The van der Waals surface area contributed by atoms with E-state index in [1.807, 2.05) is 24.3 Å². The zero-order chi connectivity index (χ0) is 29.1. The van der Waals surface area contributed by atoms with Gasteiger partial charge in [0.25, 0.3) is 0 Å². The standard InChI is InChI=1S/C35H41ClN4O2/c36-30-16-13-27(14-17-30)15-18-34(41)37-25-31-19-24-40(35(42)33(38-31)20-23-39-21-7-8-22-39)26-32(28-9-3-1-4-10-28)29-11-5-2-6-12-29/h1-6,9-18,31-33,38H,7-8,19-26H2,(H,37,41)/b18-15+/t31-,33-/m0/s1. The van der Waals surface area contributed by atoms with Crippen LogP contribution in [0.3, 0.4) is 0 Å². The molecule has 2 fully saturated rings. The van der Waals surface area contributed by atoms with Gasteiger partial charge in [0.2, 0.25) is 11.8 Å². The molecular formula is C35H41ClN4O2. The van der Waals surface area contributed by atoms with Gasteiger partial charge in [0.05, 0.1) is 6.04 Å². The lowest BCUT2D eigenvalue weighted by Gasteiger charge is -2.30. The molecule has 0 unspecified atom stereocenters. The number of rotatable bonds is 11. The number of benzene rings is 3. The molecule has 3 aromatic carbocycles. The first-order chi connectivity index (χ1) is 20.5.